The van der Waals surface area contributed by atoms with Crippen LogP contribution in [0.4, 0.5) is 4.39 Å². The Bertz CT molecular complexity index is 576. The van der Waals surface area contributed by atoms with Crippen molar-refractivity contribution < 1.29 is 14.3 Å². The third-order valence-corrected chi connectivity index (χ3v) is 2.65. The topological polar surface area (TPSA) is 37.3 Å². The molecule has 0 radical (unpaired) electrons. The lowest BCUT2D eigenvalue weighted by Gasteiger charge is -2.07. The fraction of sp³-hybridized carbons (Fsp3) is 0.0714. The van der Waals surface area contributed by atoms with Gasteiger partial charge in [-0.05, 0) is 30.2 Å². The van der Waals surface area contributed by atoms with Crippen LogP contribution in [-0.4, -0.2) is 11.1 Å². The molecule has 0 unspecified atom stereocenters. The average Bonchev–Trinajstić information content (AvgIpc) is 2.30. The Morgan fingerprint density at radius 1 is 1.12 bits per heavy atom. The zero-order valence-corrected chi connectivity index (χ0v) is 9.27. The highest BCUT2D eigenvalue weighted by Gasteiger charge is 2.10. The van der Waals surface area contributed by atoms with Crippen LogP contribution in [0, 0.1) is 12.7 Å². The third-order valence-electron chi connectivity index (χ3n) is 2.65. The maximum atomic E-state index is 13.8. The van der Waals surface area contributed by atoms with E-state index in [4.69, 9.17) is 5.11 Å². The highest BCUT2D eigenvalue weighted by atomic mass is 19.1. The van der Waals surface area contributed by atoms with Gasteiger partial charge in [-0.2, -0.15) is 0 Å². The van der Waals surface area contributed by atoms with Crippen LogP contribution in [0.25, 0.3) is 11.1 Å². The van der Waals surface area contributed by atoms with E-state index in [9.17, 15) is 9.18 Å². The summed E-state index contributed by atoms with van der Waals surface area (Å²) >= 11 is 0. The molecule has 2 rings (SSSR count). The standard InChI is InChI=1S/C14H11FO2/c1-9-4-2-3-5-11(9)12-7-6-10(14(16)17)8-13(12)15/h2-8H,1H3,(H,16,17). The second-order valence-corrected chi connectivity index (χ2v) is 3.81. The molecule has 0 heterocycles. The highest BCUT2D eigenvalue weighted by molar-refractivity contribution is 5.88. The molecule has 0 aromatic heterocycles. The minimum absolute atomic E-state index is 0.0418. The molecule has 17 heavy (non-hydrogen) atoms. The van der Waals surface area contributed by atoms with Gasteiger partial charge in [-0.3, -0.25) is 0 Å². The normalized spacial score (nSPS) is 10.2. The first kappa shape index (κ1) is 11.3. The van der Waals surface area contributed by atoms with Crippen molar-refractivity contribution in [1.82, 2.24) is 0 Å². The molecule has 86 valence electrons. The first-order chi connectivity index (χ1) is 8.09. The summed E-state index contributed by atoms with van der Waals surface area (Å²) in [5.74, 6) is -1.64. The number of aromatic carboxylic acids is 1. The van der Waals surface area contributed by atoms with Gasteiger partial charge in [0.2, 0.25) is 0 Å². The lowest BCUT2D eigenvalue weighted by Crippen LogP contribution is -1.98. The van der Waals surface area contributed by atoms with E-state index in [1.807, 2.05) is 31.2 Å². The first-order valence-corrected chi connectivity index (χ1v) is 5.18. The number of hydrogen-bond donors (Lipinski definition) is 1. The summed E-state index contributed by atoms with van der Waals surface area (Å²) < 4.78 is 13.8. The summed E-state index contributed by atoms with van der Waals surface area (Å²) in [7, 11) is 0. The van der Waals surface area contributed by atoms with Gasteiger partial charge in [0.05, 0.1) is 5.56 Å². The molecule has 0 saturated heterocycles. The molecule has 0 bridgehead atoms. The van der Waals surface area contributed by atoms with Crippen LogP contribution in [0.5, 0.6) is 0 Å². The van der Waals surface area contributed by atoms with Crippen LogP contribution in [0.2, 0.25) is 0 Å². The summed E-state index contributed by atoms with van der Waals surface area (Å²) in [6, 6.07) is 11.4. The molecule has 2 aromatic carbocycles. The third kappa shape index (κ3) is 2.18. The molecule has 0 saturated carbocycles. The summed E-state index contributed by atoms with van der Waals surface area (Å²) in [5.41, 5.74) is 2.12. The molecule has 2 nitrogen and oxygen atoms in total. The molecule has 3 heteroatoms. The van der Waals surface area contributed by atoms with Gasteiger partial charge in [0.1, 0.15) is 5.82 Å². The second-order valence-electron chi connectivity index (χ2n) is 3.81. The Kier molecular flexibility index (Phi) is 2.91. The Balaban J connectivity index is 2.55. The molecule has 0 aliphatic carbocycles. The number of carboxylic acid groups (broad SMARTS) is 1. The average molecular weight is 230 g/mol. The van der Waals surface area contributed by atoms with E-state index in [0.29, 0.717) is 5.56 Å². The lowest BCUT2D eigenvalue weighted by atomic mass is 9.99. The monoisotopic (exact) mass is 230 g/mol. The van der Waals surface area contributed by atoms with Crippen LogP contribution >= 0.6 is 0 Å². The van der Waals surface area contributed by atoms with E-state index in [-0.39, 0.29) is 5.56 Å². The Morgan fingerprint density at radius 2 is 1.82 bits per heavy atom. The number of benzene rings is 2. The molecule has 0 aliphatic rings. The van der Waals surface area contributed by atoms with Gasteiger partial charge in [-0.1, -0.05) is 30.3 Å². The maximum Gasteiger partial charge on any atom is 0.335 e. The Labute approximate surface area is 98.3 Å². The van der Waals surface area contributed by atoms with Crippen LogP contribution in [0.1, 0.15) is 15.9 Å². The van der Waals surface area contributed by atoms with Gasteiger partial charge in [-0.15, -0.1) is 0 Å². The van der Waals surface area contributed by atoms with Crippen molar-refractivity contribution in [2.24, 2.45) is 0 Å². The van der Waals surface area contributed by atoms with Crippen molar-refractivity contribution in [2.45, 2.75) is 6.92 Å². The van der Waals surface area contributed by atoms with Crippen molar-refractivity contribution >= 4 is 5.97 Å². The van der Waals surface area contributed by atoms with Gasteiger partial charge >= 0.3 is 5.97 Å². The van der Waals surface area contributed by atoms with Gasteiger partial charge < -0.3 is 5.11 Å². The van der Waals surface area contributed by atoms with Gasteiger partial charge in [0, 0.05) is 5.56 Å². The minimum atomic E-state index is -1.12. The molecular weight excluding hydrogens is 219 g/mol. The fourth-order valence-electron chi connectivity index (χ4n) is 1.74. The van der Waals surface area contributed by atoms with Crippen LogP contribution < -0.4 is 0 Å². The van der Waals surface area contributed by atoms with E-state index in [1.54, 1.807) is 0 Å². The predicted octanol–water partition coefficient (Wildman–Crippen LogP) is 3.50. The number of rotatable bonds is 2. The molecule has 2 aromatic rings. The smallest absolute Gasteiger partial charge is 0.335 e. The summed E-state index contributed by atoms with van der Waals surface area (Å²) in [6.07, 6.45) is 0. The van der Waals surface area contributed by atoms with E-state index in [2.05, 4.69) is 0 Å². The van der Waals surface area contributed by atoms with Gasteiger partial charge in [-0.25, -0.2) is 9.18 Å². The van der Waals surface area contributed by atoms with E-state index < -0.39 is 11.8 Å². The first-order valence-electron chi connectivity index (χ1n) is 5.18. The SMILES string of the molecule is Cc1ccccc1-c1ccc(C(=O)O)cc1F. The highest BCUT2D eigenvalue weighted by Crippen LogP contribution is 2.26. The lowest BCUT2D eigenvalue weighted by molar-refractivity contribution is 0.0696. The number of halogens is 1. The summed E-state index contributed by atoms with van der Waals surface area (Å²) in [5, 5.41) is 8.76. The van der Waals surface area contributed by atoms with Crippen molar-refractivity contribution in [1.29, 1.82) is 0 Å². The molecule has 1 N–H and O–H groups in total. The Morgan fingerprint density at radius 3 is 2.41 bits per heavy atom. The summed E-state index contributed by atoms with van der Waals surface area (Å²) in [4.78, 5) is 10.7. The maximum absolute atomic E-state index is 13.8. The molecule has 0 atom stereocenters. The Hall–Kier alpha value is -2.16. The molecule has 0 aliphatic heterocycles. The number of aryl methyl sites for hydroxylation is 1. The zero-order chi connectivity index (χ0) is 12.4. The van der Waals surface area contributed by atoms with Crippen molar-refractivity contribution in [3.63, 3.8) is 0 Å². The van der Waals surface area contributed by atoms with E-state index >= 15 is 0 Å². The second kappa shape index (κ2) is 4.37. The van der Waals surface area contributed by atoms with Crippen molar-refractivity contribution in [2.75, 3.05) is 0 Å². The predicted molar refractivity (Wildman–Crippen MR) is 63.5 cm³/mol. The van der Waals surface area contributed by atoms with E-state index in [1.165, 1.54) is 12.1 Å². The van der Waals surface area contributed by atoms with Crippen molar-refractivity contribution in [3.8, 4) is 11.1 Å². The van der Waals surface area contributed by atoms with Crippen LogP contribution in [0.15, 0.2) is 42.5 Å². The van der Waals surface area contributed by atoms with Gasteiger partial charge in [0.15, 0.2) is 0 Å². The van der Waals surface area contributed by atoms with Crippen molar-refractivity contribution in [3.05, 3.63) is 59.4 Å². The number of carboxylic acids is 1. The quantitative estimate of drug-likeness (QED) is 0.857. The largest absolute Gasteiger partial charge is 0.478 e. The molecule has 0 spiro atoms. The molecule has 0 fully saturated rings. The minimum Gasteiger partial charge on any atom is -0.478 e. The van der Waals surface area contributed by atoms with Crippen LogP contribution in [-0.2, 0) is 0 Å². The number of carbonyl (C=O) groups is 1. The summed E-state index contributed by atoms with van der Waals surface area (Å²) in [6.45, 7) is 1.89. The fourth-order valence-corrected chi connectivity index (χ4v) is 1.74. The van der Waals surface area contributed by atoms with Crippen LogP contribution in [0.3, 0.4) is 0 Å². The number of hydrogen-bond acceptors (Lipinski definition) is 1. The van der Waals surface area contributed by atoms with E-state index in [0.717, 1.165) is 17.2 Å². The molecule has 0 amide bonds. The molecular formula is C14H11FO2. The zero-order valence-electron chi connectivity index (χ0n) is 9.27. The van der Waals surface area contributed by atoms with Gasteiger partial charge in [0.25, 0.3) is 0 Å².